The molecule has 0 saturated heterocycles. The minimum Gasteiger partial charge on any atom is -0.322 e. The third-order valence-electron chi connectivity index (χ3n) is 6.66. The van der Waals surface area contributed by atoms with Gasteiger partial charge in [-0.3, -0.25) is 0 Å². The Kier molecular flexibility index (Phi) is 11.5. The third-order valence-corrected chi connectivity index (χ3v) is 7.84. The monoisotopic (exact) mass is 608 g/mol. The van der Waals surface area contributed by atoms with E-state index in [1.54, 1.807) is 53.3 Å². The predicted molar refractivity (Wildman–Crippen MR) is 136 cm³/mol. The standard InChI is InChI=1S/C15H15F3N2O2S.C12H18.Ru/c16-15(17,18)23(21,22)20-14(12-9-5-2-6-10-12)13(19)11-7-3-1-4-8-11;1-7-8(2)10(4)12(6)11(5)9(7)3;/h1-10,13-14,20H,19H2;1-6H3;/t13-,14-;;/m1../s1. The van der Waals surface area contributed by atoms with Crippen LogP contribution in [0.3, 0.4) is 0 Å². The van der Waals surface area contributed by atoms with Gasteiger partial charge < -0.3 is 5.73 Å². The molecule has 0 radical (unpaired) electrons. The largest absolute Gasteiger partial charge is 0.511 e. The molecular formula is C27H33F3N2O2RuS. The Bertz CT molecular complexity index is 1140. The van der Waals surface area contributed by atoms with Gasteiger partial charge in [-0.1, -0.05) is 60.7 Å². The van der Waals surface area contributed by atoms with Crippen molar-refractivity contribution in [3.8, 4) is 0 Å². The molecule has 0 unspecified atom stereocenters. The summed E-state index contributed by atoms with van der Waals surface area (Å²) < 4.78 is 62.7. The van der Waals surface area contributed by atoms with Gasteiger partial charge in [0.25, 0.3) is 0 Å². The second-order valence-electron chi connectivity index (χ2n) is 8.64. The van der Waals surface area contributed by atoms with Crippen molar-refractivity contribution in [2.24, 2.45) is 5.73 Å². The molecule has 0 fully saturated rings. The van der Waals surface area contributed by atoms with Crippen LogP contribution in [0.25, 0.3) is 0 Å². The van der Waals surface area contributed by atoms with Crippen molar-refractivity contribution >= 4 is 10.0 Å². The van der Waals surface area contributed by atoms with Gasteiger partial charge in [0.2, 0.25) is 0 Å². The first-order chi connectivity index (χ1) is 16.2. The number of nitrogens with one attached hydrogen (secondary N) is 1. The smallest absolute Gasteiger partial charge is 0.322 e. The van der Waals surface area contributed by atoms with E-state index in [1.807, 2.05) is 0 Å². The quantitative estimate of drug-likeness (QED) is 0.330. The van der Waals surface area contributed by atoms with Gasteiger partial charge in [0, 0.05) is 19.5 Å². The average Bonchev–Trinajstić information content (AvgIpc) is 2.84. The van der Waals surface area contributed by atoms with Crippen LogP contribution in [-0.4, -0.2) is 13.9 Å². The summed E-state index contributed by atoms with van der Waals surface area (Å²) in [4.78, 5) is 0. The van der Waals surface area contributed by atoms with Gasteiger partial charge in [-0.15, -0.1) is 0 Å². The van der Waals surface area contributed by atoms with E-state index in [0.29, 0.717) is 11.1 Å². The number of rotatable bonds is 5. The normalized spacial score (nSPS) is 13.2. The first-order valence-corrected chi connectivity index (χ1v) is 12.6. The van der Waals surface area contributed by atoms with E-state index in [9.17, 15) is 21.6 Å². The zero-order valence-electron chi connectivity index (χ0n) is 21.2. The maximum atomic E-state index is 12.7. The van der Waals surface area contributed by atoms with Gasteiger partial charge in [-0.05, 0) is 86.1 Å². The summed E-state index contributed by atoms with van der Waals surface area (Å²) in [6, 6.07) is 14.0. The molecule has 0 aliphatic heterocycles. The summed E-state index contributed by atoms with van der Waals surface area (Å²) >= 11 is 0. The van der Waals surface area contributed by atoms with E-state index >= 15 is 0 Å². The van der Waals surface area contributed by atoms with Gasteiger partial charge in [0.1, 0.15) is 0 Å². The summed E-state index contributed by atoms with van der Waals surface area (Å²) in [5.74, 6) is 0. The van der Waals surface area contributed by atoms with Gasteiger partial charge >= 0.3 is 15.5 Å². The van der Waals surface area contributed by atoms with E-state index in [-0.39, 0.29) is 19.5 Å². The van der Waals surface area contributed by atoms with Crippen LogP contribution in [0.2, 0.25) is 0 Å². The van der Waals surface area contributed by atoms with Crippen LogP contribution in [0, 0.1) is 41.5 Å². The summed E-state index contributed by atoms with van der Waals surface area (Å²) in [5, 5.41) is 0. The van der Waals surface area contributed by atoms with E-state index in [0.717, 1.165) is 0 Å². The van der Waals surface area contributed by atoms with Crippen LogP contribution >= 0.6 is 0 Å². The minimum atomic E-state index is -5.53. The van der Waals surface area contributed by atoms with Gasteiger partial charge in [-0.2, -0.15) is 17.9 Å². The molecule has 3 aromatic carbocycles. The van der Waals surface area contributed by atoms with E-state index in [1.165, 1.54) is 45.5 Å². The Hall–Kier alpha value is -2.06. The number of hydrogen-bond acceptors (Lipinski definition) is 3. The van der Waals surface area contributed by atoms with Gasteiger partial charge in [0.15, 0.2) is 0 Å². The van der Waals surface area contributed by atoms with Crippen LogP contribution in [0.4, 0.5) is 13.2 Å². The number of hydrogen-bond donors (Lipinski definition) is 2. The van der Waals surface area contributed by atoms with Crippen LogP contribution < -0.4 is 10.5 Å². The van der Waals surface area contributed by atoms with Crippen molar-refractivity contribution in [2.75, 3.05) is 0 Å². The molecule has 0 amide bonds. The number of sulfonamides is 1. The summed E-state index contributed by atoms with van der Waals surface area (Å²) in [6.07, 6.45) is 0. The molecule has 4 nitrogen and oxygen atoms in total. The zero-order chi connectivity index (χ0) is 26.6. The van der Waals surface area contributed by atoms with Crippen LogP contribution in [-0.2, 0) is 29.5 Å². The molecule has 0 saturated carbocycles. The SMILES string of the molecule is Cc1c(C)c(C)c(C)c(C)c1C.N[C@H](c1ccccc1)[C@H](NS(=O)(=O)C(F)(F)F)c1ccccc1.[Ru]. The fraction of sp³-hybridized carbons (Fsp3) is 0.333. The Morgan fingerprint density at radius 1 is 0.667 bits per heavy atom. The molecule has 0 aromatic heterocycles. The fourth-order valence-electron chi connectivity index (χ4n) is 3.80. The van der Waals surface area contributed by atoms with Crippen LogP contribution in [0.1, 0.15) is 56.6 Å². The van der Waals surface area contributed by atoms with E-state index in [2.05, 4.69) is 41.5 Å². The molecular weight excluding hydrogens is 574 g/mol. The Labute approximate surface area is 225 Å². The van der Waals surface area contributed by atoms with Crippen molar-refractivity contribution < 1.29 is 41.1 Å². The van der Waals surface area contributed by atoms with E-state index in [4.69, 9.17) is 5.73 Å². The molecule has 0 bridgehead atoms. The summed E-state index contributed by atoms with van der Waals surface area (Å²) in [7, 11) is -5.53. The molecule has 9 heteroatoms. The Morgan fingerprint density at radius 3 is 1.28 bits per heavy atom. The van der Waals surface area contributed by atoms with Crippen molar-refractivity contribution in [1.29, 1.82) is 0 Å². The Balaban J connectivity index is 0.000000422. The minimum absolute atomic E-state index is 0. The molecule has 198 valence electrons. The van der Waals surface area contributed by atoms with Crippen LogP contribution in [0.5, 0.6) is 0 Å². The number of nitrogens with two attached hydrogens (primary N) is 1. The topological polar surface area (TPSA) is 72.2 Å². The fourth-order valence-corrected chi connectivity index (χ4v) is 4.55. The Morgan fingerprint density at radius 2 is 0.972 bits per heavy atom. The molecule has 0 heterocycles. The van der Waals surface area contributed by atoms with Crippen molar-refractivity contribution in [1.82, 2.24) is 4.72 Å². The molecule has 36 heavy (non-hydrogen) atoms. The van der Waals surface area contributed by atoms with Crippen molar-refractivity contribution in [2.45, 2.75) is 59.1 Å². The average molecular weight is 608 g/mol. The summed E-state index contributed by atoms with van der Waals surface area (Å²) in [5.41, 5.74) is 10.2. The second-order valence-corrected chi connectivity index (χ2v) is 10.3. The zero-order valence-corrected chi connectivity index (χ0v) is 23.8. The maximum absolute atomic E-state index is 12.7. The first kappa shape index (κ1) is 32.0. The molecule has 3 rings (SSSR count). The number of benzene rings is 3. The summed E-state index contributed by atoms with van der Waals surface area (Å²) in [6.45, 7) is 13.3. The molecule has 2 atom stereocenters. The molecule has 3 aromatic rings. The third kappa shape index (κ3) is 7.48. The number of alkyl halides is 3. The van der Waals surface area contributed by atoms with Crippen molar-refractivity contribution in [3.63, 3.8) is 0 Å². The predicted octanol–water partition coefficient (Wildman–Crippen LogP) is 6.40. The molecule has 0 aliphatic carbocycles. The van der Waals surface area contributed by atoms with Gasteiger partial charge in [-0.25, -0.2) is 8.42 Å². The van der Waals surface area contributed by atoms with Crippen molar-refractivity contribution in [3.05, 3.63) is 105 Å². The second kappa shape index (κ2) is 13.0. The molecule has 3 N–H and O–H groups in total. The maximum Gasteiger partial charge on any atom is 0.511 e. The number of halogens is 3. The molecule has 0 aliphatic rings. The van der Waals surface area contributed by atoms with Crippen LogP contribution in [0.15, 0.2) is 60.7 Å². The van der Waals surface area contributed by atoms with E-state index < -0.39 is 27.6 Å². The van der Waals surface area contributed by atoms with Gasteiger partial charge in [0.05, 0.1) is 12.1 Å². The first-order valence-electron chi connectivity index (χ1n) is 11.2. The molecule has 0 spiro atoms.